The number of Topliss-reactive ketones (excluding diaryl/α,β-unsaturated/α-hetero) is 1. The lowest BCUT2D eigenvalue weighted by atomic mass is 9.97. The molecule has 2 atom stereocenters. The van der Waals surface area contributed by atoms with E-state index in [0.29, 0.717) is 23.5 Å². The van der Waals surface area contributed by atoms with E-state index in [2.05, 4.69) is 4.98 Å². The number of ether oxygens (including phenoxy) is 1. The number of carbonyl (C=O) groups excluding carboxylic acids is 2. The average Bonchev–Trinajstić information content (AvgIpc) is 3.44. The summed E-state index contributed by atoms with van der Waals surface area (Å²) < 4.78 is 11.5. The zero-order valence-electron chi connectivity index (χ0n) is 17.7. The number of benzene rings is 1. The molecule has 1 saturated heterocycles. The highest BCUT2D eigenvalue weighted by atomic mass is 16.5. The molecule has 32 heavy (non-hydrogen) atoms. The topological polar surface area (TPSA) is 92.9 Å². The van der Waals surface area contributed by atoms with Crippen LogP contribution < -0.4 is 4.74 Å². The summed E-state index contributed by atoms with van der Waals surface area (Å²) >= 11 is 0. The number of likely N-dealkylation sites (tertiary alicyclic amines) is 1. The molecular weight excluding hydrogens is 408 g/mol. The molecule has 0 bridgehead atoms. The Balaban J connectivity index is 1.62. The first-order valence-corrected chi connectivity index (χ1v) is 10.5. The lowest BCUT2D eigenvalue weighted by Crippen LogP contribution is -2.29. The summed E-state index contributed by atoms with van der Waals surface area (Å²) in [5, 5.41) is 11.2. The lowest BCUT2D eigenvalue weighted by Gasteiger charge is -2.23. The smallest absolute Gasteiger partial charge is 0.296 e. The molecule has 1 N–H and O–H groups in total. The number of amides is 1. The van der Waals surface area contributed by atoms with Crippen LogP contribution in [0.2, 0.25) is 0 Å². The molecule has 0 radical (unpaired) electrons. The van der Waals surface area contributed by atoms with Gasteiger partial charge in [0.1, 0.15) is 35.2 Å². The normalized spacial score (nSPS) is 21.6. The largest absolute Gasteiger partial charge is 0.507 e. The molecule has 5 rings (SSSR count). The van der Waals surface area contributed by atoms with Crippen molar-refractivity contribution in [1.29, 1.82) is 0 Å². The molecule has 2 unspecified atom stereocenters. The number of hydrogen-bond acceptors (Lipinski definition) is 6. The van der Waals surface area contributed by atoms with Gasteiger partial charge >= 0.3 is 0 Å². The number of aliphatic hydroxyl groups is 1. The van der Waals surface area contributed by atoms with Crippen LogP contribution in [0.15, 0.2) is 64.8 Å². The van der Waals surface area contributed by atoms with Crippen molar-refractivity contribution in [3.05, 3.63) is 88.6 Å². The van der Waals surface area contributed by atoms with Crippen LogP contribution in [0.25, 0.3) is 5.76 Å². The molecule has 0 saturated carbocycles. The van der Waals surface area contributed by atoms with E-state index in [1.807, 2.05) is 13.0 Å². The van der Waals surface area contributed by atoms with Gasteiger partial charge in [-0.3, -0.25) is 14.6 Å². The zero-order valence-corrected chi connectivity index (χ0v) is 17.7. The Morgan fingerprint density at radius 3 is 2.66 bits per heavy atom. The SMILES string of the molecule is Cc1ccc(C2/C(=C(/O)c3ccc4c(c3)CC(C)O4)C(=O)C(=O)N2Cc2ccncc2)o1. The van der Waals surface area contributed by atoms with Crippen molar-refractivity contribution >= 4 is 17.4 Å². The molecule has 4 heterocycles. The second-order valence-electron chi connectivity index (χ2n) is 8.19. The quantitative estimate of drug-likeness (QED) is 0.383. The standard InChI is InChI=1S/C25H22N2O5/c1-14-3-5-20(31-14)22-21(23(28)17-4-6-19-18(12-17)11-15(2)32-19)24(29)25(30)27(22)13-16-7-9-26-10-8-16/h3-10,12,15,22,28H,11,13H2,1-2H3/b23-21-. The van der Waals surface area contributed by atoms with E-state index in [1.54, 1.807) is 55.7 Å². The van der Waals surface area contributed by atoms with Gasteiger partial charge in [-0.1, -0.05) is 0 Å². The first-order valence-electron chi connectivity index (χ1n) is 10.5. The number of hydrogen-bond donors (Lipinski definition) is 1. The van der Waals surface area contributed by atoms with E-state index in [1.165, 1.54) is 4.90 Å². The van der Waals surface area contributed by atoms with Crippen LogP contribution >= 0.6 is 0 Å². The number of rotatable bonds is 4. The molecule has 3 aromatic rings. The minimum Gasteiger partial charge on any atom is -0.507 e. The van der Waals surface area contributed by atoms with E-state index < -0.39 is 17.7 Å². The van der Waals surface area contributed by atoms with Crippen LogP contribution in [0.3, 0.4) is 0 Å². The third-order valence-electron chi connectivity index (χ3n) is 5.84. The highest BCUT2D eigenvalue weighted by Gasteiger charge is 2.47. The van der Waals surface area contributed by atoms with Gasteiger partial charge in [0, 0.05) is 30.9 Å². The molecule has 162 valence electrons. The maximum Gasteiger partial charge on any atom is 0.296 e. The molecule has 1 aromatic carbocycles. The number of furan rings is 1. The van der Waals surface area contributed by atoms with Gasteiger partial charge in [0.05, 0.1) is 5.57 Å². The molecular formula is C25H22N2O5. The minimum absolute atomic E-state index is 0.0188. The first kappa shape index (κ1) is 20.1. The van der Waals surface area contributed by atoms with Crippen molar-refractivity contribution in [2.75, 3.05) is 0 Å². The molecule has 1 fully saturated rings. The van der Waals surface area contributed by atoms with Crippen molar-refractivity contribution in [1.82, 2.24) is 9.88 Å². The number of aryl methyl sites for hydroxylation is 1. The third-order valence-corrected chi connectivity index (χ3v) is 5.84. The van der Waals surface area contributed by atoms with E-state index in [0.717, 1.165) is 16.9 Å². The summed E-state index contributed by atoms with van der Waals surface area (Å²) in [5.74, 6) is 0.210. The van der Waals surface area contributed by atoms with Crippen LogP contribution in [0.5, 0.6) is 5.75 Å². The molecule has 2 aromatic heterocycles. The number of pyridine rings is 1. The molecule has 1 amide bonds. The van der Waals surface area contributed by atoms with Gasteiger partial charge < -0.3 is 19.2 Å². The van der Waals surface area contributed by atoms with E-state index in [-0.39, 0.29) is 24.0 Å². The zero-order chi connectivity index (χ0) is 22.4. The second kappa shape index (κ2) is 7.67. The van der Waals surface area contributed by atoms with Gasteiger partial charge in [0.15, 0.2) is 0 Å². The number of aromatic nitrogens is 1. The van der Waals surface area contributed by atoms with Crippen LogP contribution in [0.1, 0.15) is 41.2 Å². The highest BCUT2D eigenvalue weighted by Crippen LogP contribution is 2.41. The predicted octanol–water partition coefficient (Wildman–Crippen LogP) is 3.93. The second-order valence-corrected chi connectivity index (χ2v) is 8.19. The minimum atomic E-state index is -0.833. The van der Waals surface area contributed by atoms with Crippen LogP contribution in [-0.4, -0.2) is 32.8 Å². The summed E-state index contributed by atoms with van der Waals surface area (Å²) in [7, 11) is 0. The fourth-order valence-corrected chi connectivity index (χ4v) is 4.35. The number of nitrogens with zero attached hydrogens (tertiary/aromatic N) is 2. The van der Waals surface area contributed by atoms with Crippen LogP contribution in [0, 0.1) is 6.92 Å². The number of fused-ring (bicyclic) bond motifs is 1. The van der Waals surface area contributed by atoms with Gasteiger partial charge in [-0.2, -0.15) is 0 Å². The van der Waals surface area contributed by atoms with Crippen molar-refractivity contribution in [2.45, 2.75) is 39.0 Å². The van der Waals surface area contributed by atoms with Gasteiger partial charge in [0.25, 0.3) is 11.7 Å². The summed E-state index contributed by atoms with van der Waals surface area (Å²) in [4.78, 5) is 31.6. The van der Waals surface area contributed by atoms with Gasteiger partial charge in [-0.15, -0.1) is 0 Å². The Hall–Kier alpha value is -3.87. The number of carbonyl (C=O) groups is 2. The van der Waals surface area contributed by atoms with E-state index in [4.69, 9.17) is 9.15 Å². The summed E-state index contributed by atoms with van der Waals surface area (Å²) in [5.41, 5.74) is 2.26. The maximum absolute atomic E-state index is 13.1. The molecule has 7 heteroatoms. The van der Waals surface area contributed by atoms with Gasteiger partial charge in [-0.25, -0.2) is 0 Å². The fourth-order valence-electron chi connectivity index (χ4n) is 4.35. The van der Waals surface area contributed by atoms with Gasteiger partial charge in [-0.05, 0) is 67.4 Å². The predicted molar refractivity (Wildman–Crippen MR) is 116 cm³/mol. The molecule has 0 aliphatic carbocycles. The van der Waals surface area contributed by atoms with Crippen molar-refractivity contribution in [3.63, 3.8) is 0 Å². The van der Waals surface area contributed by atoms with Gasteiger partial charge in [0.2, 0.25) is 0 Å². The fraction of sp³-hybridized carbons (Fsp3) is 0.240. The Kier molecular flexibility index (Phi) is 4.81. The van der Waals surface area contributed by atoms with Crippen molar-refractivity contribution < 1.29 is 23.8 Å². The Morgan fingerprint density at radius 2 is 1.94 bits per heavy atom. The molecule has 2 aliphatic heterocycles. The monoisotopic (exact) mass is 430 g/mol. The number of ketones is 1. The van der Waals surface area contributed by atoms with Crippen molar-refractivity contribution in [3.8, 4) is 5.75 Å². The lowest BCUT2D eigenvalue weighted by molar-refractivity contribution is -0.140. The Bertz CT molecular complexity index is 1240. The molecule has 2 aliphatic rings. The summed E-state index contributed by atoms with van der Waals surface area (Å²) in [6.45, 7) is 3.95. The Morgan fingerprint density at radius 1 is 1.16 bits per heavy atom. The summed E-state index contributed by atoms with van der Waals surface area (Å²) in [6, 6.07) is 11.5. The summed E-state index contributed by atoms with van der Waals surface area (Å²) in [6.07, 6.45) is 4.03. The Labute approximate surface area is 184 Å². The number of aliphatic hydroxyl groups excluding tert-OH is 1. The maximum atomic E-state index is 13.1. The molecule has 0 spiro atoms. The average molecular weight is 430 g/mol. The van der Waals surface area contributed by atoms with E-state index >= 15 is 0 Å². The highest BCUT2D eigenvalue weighted by molar-refractivity contribution is 6.46. The molecule has 7 nitrogen and oxygen atoms in total. The van der Waals surface area contributed by atoms with E-state index in [9.17, 15) is 14.7 Å². The van der Waals surface area contributed by atoms with Crippen molar-refractivity contribution in [2.24, 2.45) is 0 Å². The third kappa shape index (κ3) is 3.36. The first-order chi connectivity index (χ1) is 15.4. The van der Waals surface area contributed by atoms with Crippen LogP contribution in [-0.2, 0) is 22.6 Å². The van der Waals surface area contributed by atoms with Crippen LogP contribution in [0.4, 0.5) is 0 Å².